The number of benzene rings is 1. The van der Waals surface area contributed by atoms with Crippen LogP contribution in [0.5, 0.6) is 0 Å². The second-order valence-electron chi connectivity index (χ2n) is 2.64. The first-order valence-corrected chi connectivity index (χ1v) is 5.36. The van der Waals surface area contributed by atoms with Gasteiger partial charge in [-0.1, -0.05) is 12.7 Å². The summed E-state index contributed by atoms with van der Waals surface area (Å²) in [5.74, 6) is 0. The Morgan fingerprint density at radius 1 is 1.57 bits per heavy atom. The molecule has 0 aromatic heterocycles. The Hall–Kier alpha value is -1.49. The van der Waals surface area contributed by atoms with Crippen LogP contribution < -0.4 is 0 Å². The van der Waals surface area contributed by atoms with Crippen LogP contribution >= 0.6 is 0 Å². The average Bonchev–Trinajstić information content (AvgIpc) is 2.16. The molecule has 0 bridgehead atoms. The van der Waals surface area contributed by atoms with Gasteiger partial charge in [0.15, 0.2) is 0 Å². The van der Waals surface area contributed by atoms with Gasteiger partial charge in [-0.15, -0.1) is 0 Å². The Labute approximate surface area is 83.9 Å². The van der Waals surface area contributed by atoms with Gasteiger partial charge < -0.3 is 0 Å². The van der Waals surface area contributed by atoms with Crippen LogP contribution in [-0.4, -0.2) is 15.4 Å². The molecule has 0 aliphatic carbocycles. The molecular weight excluding hydrogens is 202 g/mol. The van der Waals surface area contributed by atoms with E-state index in [0.29, 0.717) is 10.5 Å². The van der Waals surface area contributed by atoms with Crippen molar-refractivity contribution in [3.05, 3.63) is 40.5 Å². The second-order valence-corrected chi connectivity index (χ2v) is 3.99. The molecule has 1 rings (SSSR count). The monoisotopic (exact) mass is 211 g/mol. The molecule has 14 heavy (non-hydrogen) atoms. The molecule has 0 heterocycles. The summed E-state index contributed by atoms with van der Waals surface area (Å²) in [6.07, 6.45) is 2.98. The van der Waals surface area contributed by atoms with E-state index in [1.165, 1.54) is 30.5 Å². The maximum Gasteiger partial charge on any atom is 0.270 e. The number of hydrogen-bond donors (Lipinski definition) is 0. The maximum atomic E-state index is 11.2. The summed E-state index contributed by atoms with van der Waals surface area (Å²) >= 11 is 0. The molecule has 1 aromatic rings. The van der Waals surface area contributed by atoms with E-state index in [1.807, 2.05) is 0 Å². The van der Waals surface area contributed by atoms with Crippen LogP contribution in [0.2, 0.25) is 0 Å². The Morgan fingerprint density at radius 2 is 2.21 bits per heavy atom. The van der Waals surface area contributed by atoms with Gasteiger partial charge in [-0.05, 0) is 11.6 Å². The van der Waals surface area contributed by atoms with Gasteiger partial charge in [-0.3, -0.25) is 14.3 Å². The van der Waals surface area contributed by atoms with Crippen molar-refractivity contribution in [1.29, 1.82) is 0 Å². The average molecular weight is 211 g/mol. The largest absolute Gasteiger partial charge is 0.270 e. The predicted octanol–water partition coefficient (Wildman–Crippen LogP) is 1.98. The Bertz CT molecular complexity index is 415. The highest BCUT2D eigenvalue weighted by Gasteiger charge is 2.10. The van der Waals surface area contributed by atoms with E-state index in [4.69, 9.17) is 0 Å². The molecule has 0 aliphatic heterocycles. The Kier molecular flexibility index (Phi) is 3.14. The normalized spacial score (nSPS) is 12.1. The van der Waals surface area contributed by atoms with Gasteiger partial charge in [0, 0.05) is 23.3 Å². The van der Waals surface area contributed by atoms with Crippen LogP contribution in [0.25, 0.3) is 6.08 Å². The van der Waals surface area contributed by atoms with Crippen LogP contribution in [0.3, 0.4) is 0 Å². The number of non-ortho nitro benzene ring substituents is 1. The molecule has 0 spiro atoms. The highest BCUT2D eigenvalue weighted by atomic mass is 32.2. The van der Waals surface area contributed by atoms with Crippen molar-refractivity contribution < 1.29 is 9.13 Å². The predicted molar refractivity (Wildman–Crippen MR) is 55.5 cm³/mol. The smallest absolute Gasteiger partial charge is 0.258 e. The first-order valence-electron chi connectivity index (χ1n) is 3.80. The highest BCUT2D eigenvalue weighted by molar-refractivity contribution is 7.84. The standard InChI is InChI=1S/C9H9NO3S/c1-3-7-6-8(10(11)12)4-5-9(7)14(2)13/h3-6H,1H2,2H3. The van der Waals surface area contributed by atoms with Crippen LogP contribution in [-0.2, 0) is 10.8 Å². The zero-order chi connectivity index (χ0) is 10.7. The van der Waals surface area contributed by atoms with Gasteiger partial charge in [0.1, 0.15) is 0 Å². The third-order valence-corrected chi connectivity index (χ3v) is 2.72. The third-order valence-electron chi connectivity index (χ3n) is 1.73. The lowest BCUT2D eigenvalue weighted by molar-refractivity contribution is -0.384. The molecule has 1 aromatic carbocycles. The zero-order valence-electron chi connectivity index (χ0n) is 7.60. The van der Waals surface area contributed by atoms with Crippen molar-refractivity contribution >= 4 is 22.6 Å². The Balaban J connectivity index is 3.32. The van der Waals surface area contributed by atoms with Crippen molar-refractivity contribution in [3.8, 4) is 0 Å². The van der Waals surface area contributed by atoms with Gasteiger partial charge >= 0.3 is 0 Å². The topological polar surface area (TPSA) is 60.2 Å². The summed E-state index contributed by atoms with van der Waals surface area (Å²) in [7, 11) is -1.16. The fourth-order valence-corrected chi connectivity index (χ4v) is 1.80. The van der Waals surface area contributed by atoms with Gasteiger partial charge in [0.05, 0.1) is 15.7 Å². The van der Waals surface area contributed by atoms with Crippen molar-refractivity contribution in [1.82, 2.24) is 0 Å². The van der Waals surface area contributed by atoms with E-state index in [9.17, 15) is 14.3 Å². The van der Waals surface area contributed by atoms with E-state index in [0.717, 1.165) is 0 Å². The quantitative estimate of drug-likeness (QED) is 0.567. The molecule has 74 valence electrons. The Morgan fingerprint density at radius 3 is 2.64 bits per heavy atom. The minimum absolute atomic E-state index is 0.0194. The summed E-state index contributed by atoms with van der Waals surface area (Å²) in [5.41, 5.74) is 0.522. The summed E-state index contributed by atoms with van der Waals surface area (Å²) in [6, 6.07) is 4.19. The van der Waals surface area contributed by atoms with Crippen molar-refractivity contribution in [2.24, 2.45) is 0 Å². The zero-order valence-corrected chi connectivity index (χ0v) is 8.41. The molecule has 0 fully saturated rings. The first kappa shape index (κ1) is 10.6. The summed E-state index contributed by atoms with van der Waals surface area (Å²) in [6.45, 7) is 3.52. The van der Waals surface area contributed by atoms with E-state index in [1.54, 1.807) is 0 Å². The lowest BCUT2D eigenvalue weighted by Gasteiger charge is -2.01. The molecule has 0 saturated carbocycles. The second kappa shape index (κ2) is 4.15. The van der Waals surface area contributed by atoms with Crippen LogP contribution in [0, 0.1) is 10.1 Å². The van der Waals surface area contributed by atoms with Gasteiger partial charge in [0.25, 0.3) is 5.69 Å². The van der Waals surface area contributed by atoms with E-state index >= 15 is 0 Å². The third kappa shape index (κ3) is 2.05. The molecule has 0 amide bonds. The fourth-order valence-electron chi connectivity index (χ4n) is 1.07. The number of nitro benzene ring substituents is 1. The lowest BCUT2D eigenvalue weighted by atomic mass is 10.2. The fraction of sp³-hybridized carbons (Fsp3) is 0.111. The van der Waals surface area contributed by atoms with Gasteiger partial charge in [-0.2, -0.15) is 0 Å². The SMILES string of the molecule is C=Cc1cc([N+](=O)[O-])ccc1S(C)=O. The van der Waals surface area contributed by atoms with Gasteiger partial charge in [-0.25, -0.2) is 0 Å². The highest BCUT2D eigenvalue weighted by Crippen LogP contribution is 2.20. The van der Waals surface area contributed by atoms with E-state index in [2.05, 4.69) is 6.58 Å². The lowest BCUT2D eigenvalue weighted by Crippen LogP contribution is -1.94. The molecular formula is C9H9NO3S. The van der Waals surface area contributed by atoms with E-state index in [-0.39, 0.29) is 5.69 Å². The molecule has 1 unspecified atom stereocenters. The summed E-state index contributed by atoms with van der Waals surface area (Å²) in [5, 5.41) is 10.4. The summed E-state index contributed by atoms with van der Waals surface area (Å²) in [4.78, 5) is 10.5. The maximum absolute atomic E-state index is 11.2. The van der Waals surface area contributed by atoms with Crippen LogP contribution in [0.1, 0.15) is 5.56 Å². The van der Waals surface area contributed by atoms with Crippen LogP contribution in [0.4, 0.5) is 5.69 Å². The molecule has 1 atom stereocenters. The number of rotatable bonds is 3. The van der Waals surface area contributed by atoms with Gasteiger partial charge in [0.2, 0.25) is 0 Å². The minimum atomic E-state index is -1.16. The molecule has 0 radical (unpaired) electrons. The molecule has 0 saturated heterocycles. The first-order chi connectivity index (χ1) is 6.56. The number of hydrogen-bond acceptors (Lipinski definition) is 3. The van der Waals surface area contributed by atoms with Crippen molar-refractivity contribution in [2.45, 2.75) is 4.90 Å². The number of nitro groups is 1. The minimum Gasteiger partial charge on any atom is -0.258 e. The van der Waals surface area contributed by atoms with E-state index < -0.39 is 15.7 Å². The molecule has 0 aliphatic rings. The molecule has 5 heteroatoms. The van der Waals surface area contributed by atoms with Crippen molar-refractivity contribution in [3.63, 3.8) is 0 Å². The van der Waals surface area contributed by atoms with Crippen molar-refractivity contribution in [2.75, 3.05) is 6.26 Å². The molecule has 0 N–H and O–H groups in total. The van der Waals surface area contributed by atoms with Crippen LogP contribution in [0.15, 0.2) is 29.7 Å². The summed E-state index contributed by atoms with van der Waals surface area (Å²) < 4.78 is 11.2. The number of nitrogens with zero attached hydrogens (tertiary/aromatic N) is 1. The molecule has 4 nitrogen and oxygen atoms in total.